The number of H-pyrrole nitrogens is 1. The van der Waals surface area contributed by atoms with Crippen LogP contribution in [-0.4, -0.2) is 29.7 Å². The molecule has 0 fully saturated rings. The van der Waals surface area contributed by atoms with Gasteiger partial charge in [0.1, 0.15) is 17.8 Å². The molecule has 3 aromatic heterocycles. The van der Waals surface area contributed by atoms with Gasteiger partial charge in [0.25, 0.3) is 0 Å². The SMILES string of the molecule is Cn1nc(-c2ncc[nH]2)c2c(N)ncnc21. The summed E-state index contributed by atoms with van der Waals surface area (Å²) < 4.78 is 1.66. The zero-order chi connectivity index (χ0) is 11.1. The van der Waals surface area contributed by atoms with Gasteiger partial charge in [-0.05, 0) is 0 Å². The van der Waals surface area contributed by atoms with Crippen molar-refractivity contribution in [2.75, 3.05) is 5.73 Å². The second-order valence-corrected chi connectivity index (χ2v) is 3.37. The highest BCUT2D eigenvalue weighted by Crippen LogP contribution is 2.26. The summed E-state index contributed by atoms with van der Waals surface area (Å²) in [6, 6.07) is 0. The van der Waals surface area contributed by atoms with Crippen molar-refractivity contribution in [1.29, 1.82) is 0 Å². The fourth-order valence-corrected chi connectivity index (χ4v) is 1.67. The molecular formula is C9H9N7. The number of nitrogens with one attached hydrogen (secondary N) is 1. The van der Waals surface area contributed by atoms with Crippen LogP contribution in [0.5, 0.6) is 0 Å². The first-order valence-corrected chi connectivity index (χ1v) is 4.70. The molecule has 0 aliphatic heterocycles. The van der Waals surface area contributed by atoms with Crippen LogP contribution in [-0.2, 0) is 7.05 Å². The van der Waals surface area contributed by atoms with E-state index in [1.165, 1.54) is 6.33 Å². The predicted octanol–water partition coefficient (Wildman–Crippen LogP) is 0.336. The first kappa shape index (κ1) is 8.84. The van der Waals surface area contributed by atoms with Crippen LogP contribution in [0.4, 0.5) is 5.82 Å². The van der Waals surface area contributed by atoms with Crippen molar-refractivity contribution in [1.82, 2.24) is 29.7 Å². The molecule has 7 nitrogen and oxygen atoms in total. The predicted molar refractivity (Wildman–Crippen MR) is 58.3 cm³/mol. The van der Waals surface area contributed by atoms with E-state index >= 15 is 0 Å². The van der Waals surface area contributed by atoms with E-state index in [1.54, 1.807) is 24.1 Å². The van der Waals surface area contributed by atoms with Crippen molar-refractivity contribution in [3.05, 3.63) is 18.7 Å². The van der Waals surface area contributed by atoms with Crippen LogP contribution < -0.4 is 5.73 Å². The monoisotopic (exact) mass is 215 g/mol. The summed E-state index contributed by atoms with van der Waals surface area (Å²) in [6.45, 7) is 0. The molecule has 0 radical (unpaired) electrons. The minimum atomic E-state index is 0.407. The van der Waals surface area contributed by atoms with Gasteiger partial charge in [-0.25, -0.2) is 19.6 Å². The Bertz CT molecular complexity index is 637. The van der Waals surface area contributed by atoms with E-state index in [1.807, 2.05) is 0 Å². The Labute approximate surface area is 90.4 Å². The molecule has 0 bridgehead atoms. The van der Waals surface area contributed by atoms with E-state index in [-0.39, 0.29) is 0 Å². The minimum Gasteiger partial charge on any atom is -0.383 e. The number of fused-ring (bicyclic) bond motifs is 1. The fourth-order valence-electron chi connectivity index (χ4n) is 1.67. The summed E-state index contributed by atoms with van der Waals surface area (Å²) >= 11 is 0. The number of rotatable bonds is 1. The number of hydrogen-bond acceptors (Lipinski definition) is 5. The maximum absolute atomic E-state index is 5.83. The van der Waals surface area contributed by atoms with Crippen molar-refractivity contribution in [3.8, 4) is 11.5 Å². The van der Waals surface area contributed by atoms with Crippen LogP contribution >= 0.6 is 0 Å². The lowest BCUT2D eigenvalue weighted by atomic mass is 10.3. The first-order chi connectivity index (χ1) is 7.77. The van der Waals surface area contributed by atoms with Gasteiger partial charge in [-0.15, -0.1) is 0 Å². The van der Waals surface area contributed by atoms with Crippen molar-refractivity contribution < 1.29 is 0 Å². The standard InChI is InChI=1S/C9H9N7/c1-16-9-5(7(10)13-4-14-9)6(15-16)8-11-2-3-12-8/h2-4H,1H3,(H,11,12)(H2,10,13,14). The quantitative estimate of drug-likeness (QED) is 0.609. The van der Waals surface area contributed by atoms with Crippen molar-refractivity contribution in [2.24, 2.45) is 7.05 Å². The molecule has 3 rings (SSSR count). The molecule has 0 saturated carbocycles. The molecule has 0 aromatic carbocycles. The van der Waals surface area contributed by atoms with E-state index in [9.17, 15) is 0 Å². The Kier molecular flexibility index (Phi) is 1.67. The number of hydrogen-bond donors (Lipinski definition) is 2. The highest BCUT2D eigenvalue weighted by molar-refractivity contribution is 5.96. The third-order valence-electron chi connectivity index (χ3n) is 2.37. The molecule has 0 amide bonds. The Balaban J connectivity index is 2.42. The Morgan fingerprint density at radius 2 is 2.19 bits per heavy atom. The molecule has 3 aromatic rings. The molecule has 7 heteroatoms. The Hall–Kier alpha value is -2.44. The number of aryl methyl sites for hydroxylation is 1. The number of nitrogens with zero attached hydrogens (tertiary/aromatic N) is 5. The molecule has 0 aliphatic carbocycles. The van der Waals surface area contributed by atoms with Crippen molar-refractivity contribution in [2.45, 2.75) is 0 Å². The van der Waals surface area contributed by atoms with Gasteiger partial charge < -0.3 is 10.7 Å². The van der Waals surface area contributed by atoms with E-state index in [0.29, 0.717) is 23.0 Å². The third-order valence-corrected chi connectivity index (χ3v) is 2.37. The zero-order valence-corrected chi connectivity index (χ0v) is 8.55. The lowest BCUT2D eigenvalue weighted by molar-refractivity contribution is 0.787. The summed E-state index contributed by atoms with van der Waals surface area (Å²) in [5.74, 6) is 1.07. The Morgan fingerprint density at radius 3 is 2.94 bits per heavy atom. The van der Waals surface area contributed by atoms with Crippen LogP contribution in [0.25, 0.3) is 22.6 Å². The second-order valence-electron chi connectivity index (χ2n) is 3.37. The van der Waals surface area contributed by atoms with Crippen LogP contribution in [0.1, 0.15) is 0 Å². The topological polar surface area (TPSA) is 98.3 Å². The number of nitrogen functional groups attached to an aromatic ring is 1. The highest BCUT2D eigenvalue weighted by Gasteiger charge is 2.16. The van der Waals surface area contributed by atoms with Gasteiger partial charge in [0.2, 0.25) is 0 Å². The summed E-state index contributed by atoms with van der Waals surface area (Å²) in [6.07, 6.45) is 4.82. The summed E-state index contributed by atoms with van der Waals surface area (Å²) in [4.78, 5) is 15.2. The molecule has 0 unspecified atom stereocenters. The second kappa shape index (κ2) is 3.02. The van der Waals surface area contributed by atoms with Gasteiger partial charge in [-0.2, -0.15) is 5.10 Å². The van der Waals surface area contributed by atoms with Crippen LogP contribution in [0.3, 0.4) is 0 Å². The summed E-state index contributed by atoms with van der Waals surface area (Å²) in [5, 5.41) is 5.06. The summed E-state index contributed by atoms with van der Waals surface area (Å²) in [5.41, 5.74) is 7.19. The van der Waals surface area contributed by atoms with Gasteiger partial charge in [-0.1, -0.05) is 0 Å². The van der Waals surface area contributed by atoms with E-state index in [0.717, 1.165) is 5.39 Å². The van der Waals surface area contributed by atoms with Crippen LogP contribution in [0.15, 0.2) is 18.7 Å². The molecule has 0 spiro atoms. The number of imidazole rings is 1. The molecule has 0 aliphatic rings. The lowest BCUT2D eigenvalue weighted by Crippen LogP contribution is -1.95. The third kappa shape index (κ3) is 1.08. The van der Waals surface area contributed by atoms with Gasteiger partial charge in [0, 0.05) is 19.4 Å². The average molecular weight is 215 g/mol. The number of aromatic amines is 1. The molecule has 80 valence electrons. The molecule has 16 heavy (non-hydrogen) atoms. The van der Waals surface area contributed by atoms with E-state index in [2.05, 4.69) is 25.0 Å². The maximum Gasteiger partial charge on any atom is 0.163 e. The summed E-state index contributed by atoms with van der Waals surface area (Å²) in [7, 11) is 1.81. The van der Waals surface area contributed by atoms with Gasteiger partial charge >= 0.3 is 0 Å². The van der Waals surface area contributed by atoms with Gasteiger partial charge in [0.05, 0.1) is 5.39 Å². The van der Waals surface area contributed by atoms with E-state index < -0.39 is 0 Å². The minimum absolute atomic E-state index is 0.407. The lowest BCUT2D eigenvalue weighted by Gasteiger charge is -1.95. The largest absolute Gasteiger partial charge is 0.383 e. The molecule has 3 heterocycles. The van der Waals surface area contributed by atoms with Crippen molar-refractivity contribution in [3.63, 3.8) is 0 Å². The number of anilines is 1. The average Bonchev–Trinajstić information content (AvgIpc) is 2.87. The maximum atomic E-state index is 5.83. The van der Waals surface area contributed by atoms with Crippen molar-refractivity contribution >= 4 is 16.9 Å². The van der Waals surface area contributed by atoms with Crippen LogP contribution in [0.2, 0.25) is 0 Å². The Morgan fingerprint density at radius 1 is 1.31 bits per heavy atom. The number of nitrogens with two attached hydrogens (primary N) is 1. The van der Waals surface area contributed by atoms with Gasteiger partial charge in [-0.3, -0.25) is 0 Å². The first-order valence-electron chi connectivity index (χ1n) is 4.70. The normalized spacial score (nSPS) is 11.1. The molecular weight excluding hydrogens is 206 g/mol. The smallest absolute Gasteiger partial charge is 0.163 e. The zero-order valence-electron chi connectivity index (χ0n) is 8.55. The molecule has 0 saturated heterocycles. The fraction of sp³-hybridized carbons (Fsp3) is 0.111. The van der Waals surface area contributed by atoms with Crippen LogP contribution in [0, 0.1) is 0 Å². The van der Waals surface area contributed by atoms with Gasteiger partial charge in [0.15, 0.2) is 11.5 Å². The van der Waals surface area contributed by atoms with E-state index in [4.69, 9.17) is 5.73 Å². The molecule has 3 N–H and O–H groups in total. The number of aromatic nitrogens is 6. The molecule has 0 atom stereocenters. The highest BCUT2D eigenvalue weighted by atomic mass is 15.3.